The molecule has 3 fully saturated rings. The number of halogens is 1. The number of cyclic esters (lactones) is 1. The normalized spacial score (nSPS) is 36.6. The van der Waals surface area contributed by atoms with Crippen LogP contribution in [0.15, 0.2) is 54.1 Å². The first-order valence-corrected chi connectivity index (χ1v) is 13.1. The molecule has 3 aliphatic carbocycles. The van der Waals surface area contributed by atoms with Gasteiger partial charge in [-0.1, -0.05) is 43.4 Å². The zero-order valence-electron chi connectivity index (χ0n) is 20.9. The van der Waals surface area contributed by atoms with Crippen molar-refractivity contribution in [1.29, 1.82) is 0 Å². The van der Waals surface area contributed by atoms with Crippen LogP contribution in [0.4, 0.5) is 4.39 Å². The van der Waals surface area contributed by atoms with Crippen LogP contribution in [0.2, 0.25) is 0 Å². The second kappa shape index (κ2) is 9.75. The van der Waals surface area contributed by atoms with Gasteiger partial charge >= 0.3 is 5.97 Å². The summed E-state index contributed by atoms with van der Waals surface area (Å²) in [4.78, 5) is 24.3. The van der Waals surface area contributed by atoms with Crippen LogP contribution in [0.1, 0.15) is 58.4 Å². The van der Waals surface area contributed by atoms with Gasteiger partial charge in [0.2, 0.25) is 5.91 Å². The molecule has 0 radical (unpaired) electrons. The van der Waals surface area contributed by atoms with Crippen LogP contribution in [-0.4, -0.2) is 24.0 Å². The van der Waals surface area contributed by atoms with E-state index in [2.05, 4.69) is 36.5 Å². The van der Waals surface area contributed by atoms with Crippen molar-refractivity contribution in [2.24, 2.45) is 35.5 Å². The number of esters is 1. The molecule has 1 aromatic rings. The summed E-state index contributed by atoms with van der Waals surface area (Å²) in [6.45, 7) is 5.82. The molecular formula is C30H36FNO3. The number of hydrogen-bond donors (Lipinski definition) is 1. The summed E-state index contributed by atoms with van der Waals surface area (Å²) in [6.07, 6.45) is 13.6. The van der Waals surface area contributed by atoms with E-state index in [1.54, 1.807) is 19.1 Å². The number of carbonyl (C=O) groups is 2. The quantitative estimate of drug-likeness (QED) is 0.554. The van der Waals surface area contributed by atoms with Gasteiger partial charge in [0, 0.05) is 18.9 Å². The molecule has 1 amide bonds. The molecule has 5 rings (SSSR count). The summed E-state index contributed by atoms with van der Waals surface area (Å²) in [5.74, 6) is 1.48. The van der Waals surface area contributed by atoms with Gasteiger partial charge in [0.1, 0.15) is 11.9 Å². The number of ether oxygens (including phenoxy) is 1. The summed E-state index contributed by atoms with van der Waals surface area (Å²) >= 11 is 0. The molecule has 1 N–H and O–H groups in total. The maximum atomic E-state index is 13.7. The van der Waals surface area contributed by atoms with Crippen molar-refractivity contribution in [1.82, 2.24) is 5.32 Å². The van der Waals surface area contributed by atoms with Gasteiger partial charge in [0.05, 0.1) is 5.92 Å². The Morgan fingerprint density at radius 1 is 1.17 bits per heavy atom. The van der Waals surface area contributed by atoms with Crippen LogP contribution in [0.5, 0.6) is 0 Å². The van der Waals surface area contributed by atoms with E-state index in [1.807, 2.05) is 13.0 Å². The van der Waals surface area contributed by atoms with Crippen molar-refractivity contribution in [2.45, 2.75) is 65.0 Å². The Kier molecular flexibility index (Phi) is 6.69. The van der Waals surface area contributed by atoms with Crippen LogP contribution in [0.25, 0.3) is 5.57 Å². The number of rotatable bonds is 4. The van der Waals surface area contributed by atoms with Crippen LogP contribution in [0.3, 0.4) is 0 Å². The molecule has 8 atom stereocenters. The molecule has 1 unspecified atom stereocenters. The van der Waals surface area contributed by atoms with Gasteiger partial charge < -0.3 is 10.1 Å². The van der Waals surface area contributed by atoms with Crippen molar-refractivity contribution >= 4 is 17.4 Å². The second-order valence-electron chi connectivity index (χ2n) is 11.1. The lowest BCUT2D eigenvalue weighted by Crippen LogP contribution is -2.48. The van der Waals surface area contributed by atoms with Crippen molar-refractivity contribution < 1.29 is 18.7 Å². The van der Waals surface area contributed by atoms with E-state index in [1.165, 1.54) is 17.2 Å². The third-order valence-corrected chi connectivity index (χ3v) is 8.80. The van der Waals surface area contributed by atoms with Crippen molar-refractivity contribution in [3.8, 4) is 0 Å². The van der Waals surface area contributed by atoms with E-state index in [9.17, 15) is 14.0 Å². The molecule has 186 valence electrons. The minimum Gasteiger partial charge on any atom is -0.462 e. The third kappa shape index (κ3) is 4.87. The van der Waals surface area contributed by atoms with Crippen molar-refractivity contribution in [2.75, 3.05) is 0 Å². The number of hydrogen-bond acceptors (Lipinski definition) is 3. The maximum absolute atomic E-state index is 13.7. The molecular weight excluding hydrogens is 441 g/mol. The number of benzene rings is 1. The van der Waals surface area contributed by atoms with Crippen LogP contribution in [0, 0.1) is 41.3 Å². The molecule has 35 heavy (non-hydrogen) atoms. The molecule has 1 aromatic carbocycles. The Morgan fingerprint density at radius 3 is 2.74 bits per heavy atom. The first-order chi connectivity index (χ1) is 16.8. The molecule has 0 aromatic heterocycles. The minimum absolute atomic E-state index is 0.0245. The Bertz CT molecular complexity index is 1090. The van der Waals surface area contributed by atoms with Gasteiger partial charge in [-0.2, -0.15) is 0 Å². The topological polar surface area (TPSA) is 55.4 Å². The summed E-state index contributed by atoms with van der Waals surface area (Å²) in [5, 5.41) is 3.11. The average molecular weight is 478 g/mol. The summed E-state index contributed by atoms with van der Waals surface area (Å²) in [5.41, 5.74) is 3.38. The van der Waals surface area contributed by atoms with Gasteiger partial charge in [-0.05, 0) is 91.5 Å². The van der Waals surface area contributed by atoms with E-state index >= 15 is 0 Å². The molecule has 0 bridgehead atoms. The van der Waals surface area contributed by atoms with Gasteiger partial charge in [-0.3, -0.25) is 9.59 Å². The number of nitrogens with one attached hydrogen (secondary N) is 1. The number of carbonyl (C=O) groups excluding carboxylic acids is 2. The molecule has 1 aliphatic heterocycles. The fourth-order valence-corrected chi connectivity index (χ4v) is 7.33. The minimum atomic E-state index is -0.206. The zero-order valence-corrected chi connectivity index (χ0v) is 20.9. The van der Waals surface area contributed by atoms with E-state index in [0.29, 0.717) is 23.7 Å². The smallest absolute Gasteiger partial charge is 0.309 e. The highest BCUT2D eigenvalue weighted by Crippen LogP contribution is 2.53. The Labute approximate surface area is 207 Å². The Morgan fingerprint density at radius 2 is 2.00 bits per heavy atom. The SMILES string of the molecule is CC(=O)N[C@H]1CC[C@H]2[C@H](C1)C[C@@H]1C(=O)O[C@@H](C)[C@H]1[C@H]2/C=C/C1=CC=C(c2cccc(F)c2)C(C)C1. The predicted molar refractivity (Wildman–Crippen MR) is 134 cm³/mol. The Balaban J connectivity index is 1.38. The number of allylic oxidation sites excluding steroid dienone is 6. The summed E-state index contributed by atoms with van der Waals surface area (Å²) in [7, 11) is 0. The number of amides is 1. The molecule has 5 heteroatoms. The number of fused-ring (bicyclic) bond motifs is 2. The molecule has 2 saturated carbocycles. The fourth-order valence-electron chi connectivity index (χ4n) is 7.33. The van der Waals surface area contributed by atoms with Crippen LogP contribution >= 0.6 is 0 Å². The van der Waals surface area contributed by atoms with Gasteiger partial charge in [0.15, 0.2) is 0 Å². The highest BCUT2D eigenvalue weighted by atomic mass is 19.1. The lowest BCUT2D eigenvalue weighted by molar-refractivity contribution is -0.144. The monoisotopic (exact) mass is 477 g/mol. The van der Waals surface area contributed by atoms with Crippen molar-refractivity contribution in [3.05, 3.63) is 65.5 Å². The molecule has 1 heterocycles. The average Bonchev–Trinajstić information content (AvgIpc) is 3.09. The standard InChI is InChI=1S/C30H36FNO3/c1-17-13-20(7-10-25(17)21-5-4-6-23(31)14-21)8-11-27-26-12-9-24(32-19(3)33)15-22(26)16-28-29(27)18(2)35-30(28)34/h4-8,10-11,14,17-18,22,24,26-29H,9,12-13,15-16H2,1-3H3,(H,32,33)/b11-8+/t17?,18-,22+,24-,26-,27-,28-,29-/m0/s1. The fraction of sp³-hybridized carbons (Fsp3) is 0.533. The second-order valence-corrected chi connectivity index (χ2v) is 11.1. The third-order valence-electron chi connectivity index (χ3n) is 8.80. The molecule has 0 spiro atoms. The summed E-state index contributed by atoms with van der Waals surface area (Å²) in [6, 6.07) is 7.03. The van der Waals surface area contributed by atoms with Crippen LogP contribution < -0.4 is 5.32 Å². The predicted octanol–water partition coefficient (Wildman–Crippen LogP) is 5.85. The van der Waals surface area contributed by atoms with Gasteiger partial charge in [-0.25, -0.2) is 4.39 Å². The molecule has 4 aliphatic rings. The van der Waals surface area contributed by atoms with E-state index in [4.69, 9.17) is 4.74 Å². The van der Waals surface area contributed by atoms with E-state index in [0.717, 1.165) is 37.7 Å². The Hall–Kier alpha value is -2.69. The van der Waals surface area contributed by atoms with Gasteiger partial charge in [0.25, 0.3) is 0 Å². The van der Waals surface area contributed by atoms with Crippen LogP contribution in [-0.2, 0) is 14.3 Å². The van der Waals surface area contributed by atoms with Gasteiger partial charge in [-0.15, -0.1) is 0 Å². The zero-order chi connectivity index (χ0) is 24.7. The highest BCUT2D eigenvalue weighted by molar-refractivity contribution is 5.76. The maximum Gasteiger partial charge on any atom is 0.309 e. The highest BCUT2D eigenvalue weighted by Gasteiger charge is 2.54. The first-order valence-electron chi connectivity index (χ1n) is 13.1. The molecule has 1 saturated heterocycles. The van der Waals surface area contributed by atoms with E-state index in [-0.39, 0.29) is 41.7 Å². The summed E-state index contributed by atoms with van der Waals surface area (Å²) < 4.78 is 19.5. The van der Waals surface area contributed by atoms with Crippen molar-refractivity contribution in [3.63, 3.8) is 0 Å². The first kappa shape index (κ1) is 24.0. The lowest BCUT2D eigenvalue weighted by atomic mass is 9.56. The van der Waals surface area contributed by atoms with E-state index < -0.39 is 0 Å². The lowest BCUT2D eigenvalue weighted by Gasteiger charge is -2.47. The molecule has 4 nitrogen and oxygen atoms in total. The largest absolute Gasteiger partial charge is 0.462 e.